The molecule has 0 aliphatic rings. The van der Waals surface area contributed by atoms with Gasteiger partial charge in [0.1, 0.15) is 12.8 Å². The number of halogens is 1. The van der Waals surface area contributed by atoms with Crippen LogP contribution in [-0.2, 0) is 7.05 Å². The van der Waals surface area contributed by atoms with Crippen molar-refractivity contribution in [1.82, 2.24) is 5.32 Å². The molecule has 0 saturated carbocycles. The van der Waals surface area contributed by atoms with Gasteiger partial charge in [-0.2, -0.15) is 4.57 Å². The van der Waals surface area contributed by atoms with Crippen LogP contribution in [0.5, 0.6) is 5.75 Å². The van der Waals surface area contributed by atoms with E-state index in [0.717, 1.165) is 29.9 Å². The molecule has 1 amide bonds. The molecule has 4 nitrogen and oxygen atoms in total. The molecule has 37 heavy (non-hydrogen) atoms. The van der Waals surface area contributed by atoms with Crippen molar-refractivity contribution in [3.05, 3.63) is 59.4 Å². The normalized spacial score (nSPS) is 11.6. The second kappa shape index (κ2) is 20.3. The van der Waals surface area contributed by atoms with Gasteiger partial charge in [0.2, 0.25) is 0 Å². The maximum Gasteiger partial charge on any atom is 0.316 e. The summed E-state index contributed by atoms with van der Waals surface area (Å²) in [5.74, 6) is 0.849. The molecule has 1 N–H and O–H groups in total. The fourth-order valence-corrected chi connectivity index (χ4v) is 4.82. The number of nitrogens with one attached hydrogen (secondary N) is 1. The lowest BCUT2D eigenvalue weighted by Gasteiger charge is -2.17. The van der Waals surface area contributed by atoms with Gasteiger partial charge in [0.05, 0.1) is 12.6 Å². The lowest BCUT2D eigenvalue weighted by molar-refractivity contribution is -0.673. The zero-order valence-corrected chi connectivity index (χ0v) is 26.0. The van der Waals surface area contributed by atoms with Crippen LogP contribution in [0.15, 0.2) is 42.6 Å². The van der Waals surface area contributed by atoms with E-state index in [4.69, 9.17) is 4.74 Å². The maximum atomic E-state index is 12.6. The minimum Gasteiger partial charge on any atom is -1.00 e. The Morgan fingerprint density at radius 3 is 1.97 bits per heavy atom. The molecule has 0 aliphatic carbocycles. The predicted octanol–water partition coefficient (Wildman–Crippen LogP) is 5.17. The number of nitrogens with zero attached hydrogens (tertiary/aromatic N) is 1. The first-order valence-corrected chi connectivity index (χ1v) is 14.5. The van der Waals surface area contributed by atoms with Crippen molar-refractivity contribution in [2.75, 3.05) is 6.61 Å². The number of amides is 1. The highest BCUT2D eigenvalue weighted by Crippen LogP contribution is 2.23. The van der Waals surface area contributed by atoms with Crippen molar-refractivity contribution >= 4 is 5.91 Å². The second-order valence-corrected chi connectivity index (χ2v) is 10.4. The molecule has 2 rings (SSSR count). The Bertz CT molecular complexity index is 887. The summed E-state index contributed by atoms with van der Waals surface area (Å²) in [5.41, 5.74) is 2.90. The molecular weight excluding hydrogens is 571 g/mol. The number of rotatable bonds is 19. The van der Waals surface area contributed by atoms with Crippen LogP contribution in [0.4, 0.5) is 0 Å². The van der Waals surface area contributed by atoms with E-state index in [1.165, 1.54) is 83.5 Å². The van der Waals surface area contributed by atoms with Crippen molar-refractivity contribution in [2.45, 2.75) is 117 Å². The lowest BCUT2D eigenvalue weighted by Crippen LogP contribution is -3.00. The minimum atomic E-state index is -0.0717. The van der Waals surface area contributed by atoms with E-state index in [1.807, 2.05) is 49.0 Å². The average molecular weight is 623 g/mol. The van der Waals surface area contributed by atoms with Gasteiger partial charge in [-0.15, -0.1) is 0 Å². The van der Waals surface area contributed by atoms with E-state index in [2.05, 4.69) is 31.3 Å². The fourth-order valence-electron chi connectivity index (χ4n) is 4.82. The molecule has 0 spiro atoms. The third kappa shape index (κ3) is 13.6. The van der Waals surface area contributed by atoms with Gasteiger partial charge in [-0.3, -0.25) is 4.79 Å². The Morgan fingerprint density at radius 2 is 1.43 bits per heavy atom. The number of aryl methyl sites for hydroxylation is 2. The van der Waals surface area contributed by atoms with Crippen LogP contribution in [0.2, 0.25) is 0 Å². The van der Waals surface area contributed by atoms with E-state index < -0.39 is 0 Å². The molecule has 0 saturated heterocycles. The number of carbonyl (C=O) groups excluding carboxylic acids is 1. The molecule has 1 unspecified atom stereocenters. The summed E-state index contributed by atoms with van der Waals surface area (Å²) in [6.07, 6.45) is 21.0. The third-order valence-corrected chi connectivity index (χ3v) is 7.11. The molecule has 1 aromatic heterocycles. The van der Waals surface area contributed by atoms with Crippen LogP contribution in [0, 0.1) is 6.92 Å². The quantitative estimate of drug-likeness (QED) is 0.134. The topological polar surface area (TPSA) is 42.2 Å². The second-order valence-electron chi connectivity index (χ2n) is 10.4. The van der Waals surface area contributed by atoms with E-state index in [1.54, 1.807) is 0 Å². The molecule has 2 aromatic rings. The highest BCUT2D eigenvalue weighted by atomic mass is 127. The van der Waals surface area contributed by atoms with Gasteiger partial charge in [0, 0.05) is 12.1 Å². The van der Waals surface area contributed by atoms with E-state index >= 15 is 0 Å². The molecular formula is C32H51IN2O2. The summed E-state index contributed by atoms with van der Waals surface area (Å²) < 4.78 is 7.84. The highest BCUT2D eigenvalue weighted by Gasteiger charge is 2.19. The van der Waals surface area contributed by atoms with Gasteiger partial charge in [-0.05, 0) is 49.6 Å². The van der Waals surface area contributed by atoms with Crippen molar-refractivity contribution < 1.29 is 38.1 Å². The number of unbranched alkanes of at least 4 members (excludes halogenated alkanes) is 13. The summed E-state index contributed by atoms with van der Waals surface area (Å²) >= 11 is 0. The van der Waals surface area contributed by atoms with Crippen LogP contribution < -0.4 is 38.6 Å². The van der Waals surface area contributed by atoms with Crippen LogP contribution in [0.25, 0.3) is 0 Å². The Morgan fingerprint density at radius 1 is 0.865 bits per heavy atom. The standard InChI is InChI=1S/C32H50N2O2.HI/c1-5-6-7-8-9-10-11-12-13-14-15-16-17-20-25-36-29-22-23-30(27(2)26-29)28(3)33-32(35)31-21-18-19-24-34(31)4;/h18-19,21-24,26,28H,5-17,20,25H2,1-4H3;1H. The van der Waals surface area contributed by atoms with Crippen molar-refractivity contribution in [1.29, 1.82) is 0 Å². The molecule has 0 radical (unpaired) electrons. The lowest BCUT2D eigenvalue weighted by atomic mass is 10.0. The molecule has 208 valence electrons. The van der Waals surface area contributed by atoms with Gasteiger partial charge in [0.25, 0.3) is 5.69 Å². The van der Waals surface area contributed by atoms with Crippen LogP contribution >= 0.6 is 0 Å². The first-order valence-electron chi connectivity index (χ1n) is 14.5. The summed E-state index contributed by atoms with van der Waals surface area (Å²) in [6, 6.07) is 11.8. The van der Waals surface area contributed by atoms with Gasteiger partial charge in [0.15, 0.2) is 6.20 Å². The molecule has 1 atom stereocenters. The third-order valence-electron chi connectivity index (χ3n) is 7.11. The Labute approximate surface area is 244 Å². The smallest absolute Gasteiger partial charge is 0.316 e. The Hall–Kier alpha value is -1.63. The number of hydrogen-bond acceptors (Lipinski definition) is 2. The largest absolute Gasteiger partial charge is 1.00 e. The van der Waals surface area contributed by atoms with Gasteiger partial charge < -0.3 is 34.0 Å². The fraction of sp³-hybridized carbons (Fsp3) is 0.625. The number of pyridine rings is 1. The van der Waals surface area contributed by atoms with Crippen molar-refractivity contribution in [3.8, 4) is 5.75 Å². The number of aromatic nitrogens is 1. The van der Waals surface area contributed by atoms with E-state index in [9.17, 15) is 4.79 Å². The number of benzene rings is 1. The van der Waals surface area contributed by atoms with Gasteiger partial charge >= 0.3 is 5.91 Å². The van der Waals surface area contributed by atoms with Crippen LogP contribution in [0.3, 0.4) is 0 Å². The van der Waals surface area contributed by atoms with Crippen molar-refractivity contribution in [3.63, 3.8) is 0 Å². The van der Waals surface area contributed by atoms with Crippen LogP contribution in [-0.4, -0.2) is 12.5 Å². The predicted molar refractivity (Wildman–Crippen MR) is 150 cm³/mol. The monoisotopic (exact) mass is 622 g/mol. The van der Waals surface area contributed by atoms with Crippen molar-refractivity contribution in [2.24, 2.45) is 7.05 Å². The minimum absolute atomic E-state index is 0. The number of hydrogen-bond donors (Lipinski definition) is 1. The maximum absolute atomic E-state index is 12.6. The van der Waals surface area contributed by atoms with Crippen LogP contribution in [0.1, 0.15) is 131 Å². The van der Waals surface area contributed by atoms with E-state index in [-0.39, 0.29) is 35.9 Å². The first-order chi connectivity index (χ1) is 17.5. The number of ether oxygens (including phenoxy) is 1. The molecule has 5 heteroatoms. The Balaban J connectivity index is 0.00000684. The molecule has 1 aromatic carbocycles. The molecule has 0 aliphatic heterocycles. The SMILES string of the molecule is CCCCCCCCCCCCCCCCOc1ccc(C(C)NC(=O)c2cccc[n+]2C)c(C)c1.[I-]. The first kappa shape index (κ1) is 33.4. The zero-order valence-electron chi connectivity index (χ0n) is 23.9. The van der Waals surface area contributed by atoms with Gasteiger partial charge in [-0.1, -0.05) is 96.5 Å². The highest BCUT2D eigenvalue weighted by molar-refractivity contribution is 5.91. The average Bonchev–Trinajstić information content (AvgIpc) is 2.86. The Kier molecular flexibility index (Phi) is 18.4. The summed E-state index contributed by atoms with van der Waals surface area (Å²) in [4.78, 5) is 12.6. The number of carbonyl (C=O) groups is 1. The summed E-state index contributed by atoms with van der Waals surface area (Å²) in [5, 5.41) is 3.11. The van der Waals surface area contributed by atoms with Gasteiger partial charge in [-0.25, -0.2) is 0 Å². The molecule has 0 bridgehead atoms. The zero-order chi connectivity index (χ0) is 26.0. The summed E-state index contributed by atoms with van der Waals surface area (Å²) in [6.45, 7) is 7.16. The summed E-state index contributed by atoms with van der Waals surface area (Å²) in [7, 11) is 1.88. The van der Waals surface area contributed by atoms with E-state index in [0.29, 0.717) is 5.69 Å². The molecule has 0 fully saturated rings. The molecule has 1 heterocycles.